The number of nitrogens with two attached hydrogens (primary N) is 1. The highest BCUT2D eigenvalue weighted by Gasteiger charge is 2.33. The van der Waals surface area contributed by atoms with Gasteiger partial charge >= 0.3 is 0 Å². The van der Waals surface area contributed by atoms with Crippen LogP contribution in [0.1, 0.15) is 26.7 Å². The van der Waals surface area contributed by atoms with Crippen LogP contribution < -0.4 is 11.2 Å². The number of hydroxylamine groups is 1. The first-order valence-electron chi connectivity index (χ1n) is 4.20. The van der Waals surface area contributed by atoms with E-state index in [4.69, 9.17) is 5.73 Å². The third kappa shape index (κ3) is 2.19. The van der Waals surface area contributed by atoms with E-state index in [9.17, 15) is 4.79 Å². The number of nitrogens with one attached hydrogen (secondary N) is 1. The second-order valence-corrected chi connectivity index (χ2v) is 2.83. The van der Waals surface area contributed by atoms with Gasteiger partial charge in [-0.2, -0.15) is 0 Å². The van der Waals surface area contributed by atoms with Crippen LogP contribution >= 0.6 is 0 Å². The molecule has 12 heavy (non-hydrogen) atoms. The predicted molar refractivity (Wildman–Crippen MR) is 47.2 cm³/mol. The summed E-state index contributed by atoms with van der Waals surface area (Å²) in [6, 6.07) is 0. The van der Waals surface area contributed by atoms with E-state index in [1.165, 1.54) is 7.11 Å². The quantitative estimate of drug-likeness (QED) is 0.594. The summed E-state index contributed by atoms with van der Waals surface area (Å²) in [5.41, 5.74) is 7.40. The molecule has 1 amide bonds. The largest absolute Gasteiger partial charge is 0.329 e. The molecular formula is C8H18N2O2. The Morgan fingerprint density at radius 3 is 2.25 bits per heavy atom. The summed E-state index contributed by atoms with van der Waals surface area (Å²) >= 11 is 0. The van der Waals surface area contributed by atoms with Gasteiger partial charge in [-0.3, -0.25) is 9.63 Å². The Balaban J connectivity index is 4.36. The molecular weight excluding hydrogens is 156 g/mol. The van der Waals surface area contributed by atoms with Crippen molar-refractivity contribution in [1.82, 2.24) is 5.48 Å². The van der Waals surface area contributed by atoms with Crippen molar-refractivity contribution in [2.24, 2.45) is 11.1 Å². The monoisotopic (exact) mass is 174 g/mol. The normalized spacial score (nSPS) is 11.3. The lowest BCUT2D eigenvalue weighted by Gasteiger charge is -2.27. The number of carbonyl (C=O) groups is 1. The highest BCUT2D eigenvalue weighted by Crippen LogP contribution is 2.24. The SMILES string of the molecule is CCC(CC)(CN)C(=O)NOC. The molecule has 0 spiro atoms. The van der Waals surface area contributed by atoms with Gasteiger partial charge in [0.1, 0.15) is 0 Å². The van der Waals surface area contributed by atoms with Gasteiger partial charge in [-0.15, -0.1) is 0 Å². The van der Waals surface area contributed by atoms with Crippen molar-refractivity contribution in [1.29, 1.82) is 0 Å². The van der Waals surface area contributed by atoms with E-state index in [-0.39, 0.29) is 5.91 Å². The van der Waals surface area contributed by atoms with Gasteiger partial charge in [-0.1, -0.05) is 13.8 Å². The van der Waals surface area contributed by atoms with Crippen LogP contribution in [0.4, 0.5) is 0 Å². The first kappa shape index (κ1) is 11.4. The third-order valence-corrected chi connectivity index (χ3v) is 2.42. The highest BCUT2D eigenvalue weighted by molar-refractivity contribution is 5.81. The van der Waals surface area contributed by atoms with Gasteiger partial charge in [0.2, 0.25) is 0 Å². The van der Waals surface area contributed by atoms with Crippen molar-refractivity contribution in [2.45, 2.75) is 26.7 Å². The van der Waals surface area contributed by atoms with E-state index in [2.05, 4.69) is 10.3 Å². The molecule has 0 fully saturated rings. The van der Waals surface area contributed by atoms with E-state index >= 15 is 0 Å². The fourth-order valence-corrected chi connectivity index (χ4v) is 1.15. The molecule has 0 unspecified atom stereocenters. The molecule has 0 aliphatic rings. The Labute approximate surface area is 73.4 Å². The molecule has 0 saturated carbocycles. The topological polar surface area (TPSA) is 64.4 Å². The first-order valence-corrected chi connectivity index (χ1v) is 4.20. The molecule has 72 valence electrons. The first-order chi connectivity index (χ1) is 5.66. The molecule has 0 bridgehead atoms. The molecule has 0 rings (SSSR count). The Hall–Kier alpha value is -0.610. The average Bonchev–Trinajstić information content (AvgIpc) is 2.09. The van der Waals surface area contributed by atoms with Gasteiger partial charge in [0.15, 0.2) is 0 Å². The molecule has 0 aliphatic carbocycles. The van der Waals surface area contributed by atoms with Gasteiger partial charge < -0.3 is 5.73 Å². The second-order valence-electron chi connectivity index (χ2n) is 2.83. The fourth-order valence-electron chi connectivity index (χ4n) is 1.15. The summed E-state index contributed by atoms with van der Waals surface area (Å²) in [6.45, 7) is 4.26. The molecule has 4 heteroatoms. The maximum Gasteiger partial charge on any atom is 0.250 e. The zero-order chi connectivity index (χ0) is 9.61. The van der Waals surface area contributed by atoms with Crippen LogP contribution in [0.5, 0.6) is 0 Å². The Bertz CT molecular complexity index is 136. The Kier molecular flexibility index (Phi) is 4.85. The van der Waals surface area contributed by atoms with Crippen molar-refractivity contribution >= 4 is 5.91 Å². The summed E-state index contributed by atoms with van der Waals surface area (Å²) in [7, 11) is 1.42. The van der Waals surface area contributed by atoms with Gasteiger partial charge in [-0.05, 0) is 12.8 Å². The number of hydrogen-bond acceptors (Lipinski definition) is 3. The van der Waals surface area contributed by atoms with Gasteiger partial charge in [0.05, 0.1) is 12.5 Å². The molecule has 4 nitrogen and oxygen atoms in total. The molecule has 0 radical (unpaired) electrons. The summed E-state index contributed by atoms with van der Waals surface area (Å²) < 4.78 is 0. The fraction of sp³-hybridized carbons (Fsp3) is 0.875. The summed E-state index contributed by atoms with van der Waals surface area (Å²) in [5.74, 6) is -0.127. The van der Waals surface area contributed by atoms with Crippen LogP contribution in [0.2, 0.25) is 0 Å². The Morgan fingerprint density at radius 2 is 2.00 bits per heavy atom. The lowest BCUT2D eigenvalue weighted by Crippen LogP contribution is -2.44. The van der Waals surface area contributed by atoms with Crippen LogP contribution in [-0.2, 0) is 9.63 Å². The lowest BCUT2D eigenvalue weighted by molar-refractivity contribution is -0.142. The molecule has 3 N–H and O–H groups in total. The minimum absolute atomic E-state index is 0.127. The number of rotatable bonds is 5. The van der Waals surface area contributed by atoms with E-state index in [1.807, 2.05) is 13.8 Å². The van der Waals surface area contributed by atoms with Crippen LogP contribution in [-0.4, -0.2) is 19.6 Å². The van der Waals surface area contributed by atoms with Gasteiger partial charge in [0, 0.05) is 6.54 Å². The number of hydrogen-bond donors (Lipinski definition) is 2. The van der Waals surface area contributed by atoms with Crippen molar-refractivity contribution in [3.63, 3.8) is 0 Å². The molecule has 0 aromatic rings. The number of carbonyl (C=O) groups excluding carboxylic acids is 1. The van der Waals surface area contributed by atoms with E-state index in [0.29, 0.717) is 6.54 Å². The highest BCUT2D eigenvalue weighted by atomic mass is 16.6. The molecule has 0 saturated heterocycles. The molecule has 0 aliphatic heterocycles. The van der Waals surface area contributed by atoms with Crippen LogP contribution in [0.3, 0.4) is 0 Å². The van der Waals surface area contributed by atoms with Gasteiger partial charge in [-0.25, -0.2) is 5.48 Å². The molecule has 0 aromatic heterocycles. The van der Waals surface area contributed by atoms with Crippen molar-refractivity contribution in [2.75, 3.05) is 13.7 Å². The van der Waals surface area contributed by atoms with Crippen LogP contribution in [0.15, 0.2) is 0 Å². The van der Waals surface area contributed by atoms with Crippen molar-refractivity contribution < 1.29 is 9.63 Å². The third-order valence-electron chi connectivity index (χ3n) is 2.42. The summed E-state index contributed by atoms with van der Waals surface area (Å²) in [4.78, 5) is 16.0. The maximum atomic E-state index is 11.4. The average molecular weight is 174 g/mol. The van der Waals surface area contributed by atoms with Crippen molar-refractivity contribution in [3.05, 3.63) is 0 Å². The lowest BCUT2D eigenvalue weighted by atomic mass is 9.82. The number of amides is 1. The smallest absolute Gasteiger partial charge is 0.250 e. The zero-order valence-electron chi connectivity index (χ0n) is 8.02. The molecule has 0 aromatic carbocycles. The van der Waals surface area contributed by atoms with Crippen LogP contribution in [0.25, 0.3) is 0 Å². The minimum atomic E-state index is -0.462. The standard InChI is InChI=1S/C8H18N2O2/c1-4-8(5-2,6-9)7(11)10-12-3/h4-6,9H2,1-3H3,(H,10,11). The predicted octanol–water partition coefficient (Wildman–Crippen LogP) is 0.429. The Morgan fingerprint density at radius 1 is 1.50 bits per heavy atom. The summed E-state index contributed by atoms with van der Waals surface area (Å²) in [5, 5.41) is 0. The molecule has 0 atom stereocenters. The zero-order valence-corrected chi connectivity index (χ0v) is 8.02. The minimum Gasteiger partial charge on any atom is -0.329 e. The van der Waals surface area contributed by atoms with Gasteiger partial charge in [0.25, 0.3) is 5.91 Å². The maximum absolute atomic E-state index is 11.4. The summed E-state index contributed by atoms with van der Waals surface area (Å²) in [6.07, 6.45) is 1.46. The van der Waals surface area contributed by atoms with E-state index in [1.54, 1.807) is 0 Å². The van der Waals surface area contributed by atoms with E-state index in [0.717, 1.165) is 12.8 Å². The van der Waals surface area contributed by atoms with Crippen molar-refractivity contribution in [3.8, 4) is 0 Å². The molecule has 0 heterocycles. The second kappa shape index (κ2) is 5.11. The van der Waals surface area contributed by atoms with E-state index < -0.39 is 5.41 Å². The van der Waals surface area contributed by atoms with Crippen LogP contribution in [0, 0.1) is 5.41 Å².